The Kier molecular flexibility index (Phi) is 4.51. The van der Waals surface area contributed by atoms with E-state index in [1.165, 1.54) is 4.90 Å². The molecule has 0 atom stereocenters. The lowest BCUT2D eigenvalue weighted by molar-refractivity contribution is -0.121. The first-order valence-electron chi connectivity index (χ1n) is 7.74. The van der Waals surface area contributed by atoms with Crippen LogP contribution >= 0.6 is 0 Å². The molecule has 8 heteroatoms. The highest BCUT2D eigenvalue weighted by molar-refractivity contribution is 6.03. The molecule has 1 aliphatic rings. The molecule has 0 bridgehead atoms. The smallest absolute Gasteiger partial charge is 0.264 e. The first-order valence-corrected chi connectivity index (χ1v) is 7.74. The van der Waals surface area contributed by atoms with E-state index in [2.05, 4.69) is 10.5 Å². The Hall–Kier alpha value is -3.16. The fraction of sp³-hybridized carbons (Fsp3) is 0.294. The number of fused-ring (bicyclic) bond motifs is 1. The van der Waals surface area contributed by atoms with Crippen molar-refractivity contribution in [2.45, 2.75) is 19.8 Å². The molecule has 2 heterocycles. The largest absolute Gasteiger partial charge is 0.482 e. The van der Waals surface area contributed by atoms with Crippen LogP contribution in [0.5, 0.6) is 5.75 Å². The quantitative estimate of drug-likeness (QED) is 0.833. The lowest BCUT2D eigenvalue weighted by Crippen LogP contribution is -2.35. The van der Waals surface area contributed by atoms with Gasteiger partial charge in [-0.3, -0.25) is 14.4 Å². The van der Waals surface area contributed by atoms with Crippen molar-refractivity contribution in [1.29, 1.82) is 0 Å². The van der Waals surface area contributed by atoms with E-state index in [0.29, 0.717) is 28.6 Å². The molecule has 1 aromatic carbocycles. The van der Waals surface area contributed by atoms with Crippen molar-refractivity contribution in [2.24, 2.45) is 0 Å². The number of ketones is 1. The van der Waals surface area contributed by atoms with Crippen LogP contribution in [0.2, 0.25) is 0 Å². The number of likely N-dealkylation sites (N-methyl/N-ethyl adjacent to an activating group) is 1. The monoisotopic (exact) mass is 343 g/mol. The molecule has 0 saturated heterocycles. The number of anilines is 2. The second kappa shape index (κ2) is 6.76. The number of carbonyl (C=O) groups excluding carboxylic acids is 3. The van der Waals surface area contributed by atoms with Gasteiger partial charge in [0.2, 0.25) is 5.91 Å². The Morgan fingerprint density at radius 1 is 1.28 bits per heavy atom. The van der Waals surface area contributed by atoms with Crippen molar-refractivity contribution in [3.05, 3.63) is 35.6 Å². The average Bonchev–Trinajstić information content (AvgIpc) is 3.00. The molecule has 2 amide bonds. The predicted molar refractivity (Wildman–Crippen MR) is 88.8 cm³/mol. The maximum Gasteiger partial charge on any atom is 0.264 e. The molecular formula is C17H17N3O5. The normalized spacial score (nSPS) is 13.2. The summed E-state index contributed by atoms with van der Waals surface area (Å²) in [5.41, 5.74) is 0.971. The van der Waals surface area contributed by atoms with E-state index in [1.54, 1.807) is 38.2 Å². The van der Waals surface area contributed by atoms with E-state index in [0.717, 1.165) is 0 Å². The van der Waals surface area contributed by atoms with Gasteiger partial charge < -0.3 is 19.5 Å². The second-order valence-corrected chi connectivity index (χ2v) is 5.72. The zero-order valence-electron chi connectivity index (χ0n) is 13.9. The highest BCUT2D eigenvalue weighted by atomic mass is 16.5. The van der Waals surface area contributed by atoms with Gasteiger partial charge in [0.25, 0.3) is 5.91 Å². The van der Waals surface area contributed by atoms with Gasteiger partial charge >= 0.3 is 0 Å². The lowest BCUT2D eigenvalue weighted by atomic mass is 10.0. The van der Waals surface area contributed by atoms with Gasteiger partial charge in [0, 0.05) is 31.5 Å². The van der Waals surface area contributed by atoms with E-state index in [9.17, 15) is 14.4 Å². The topological polar surface area (TPSA) is 102 Å². The van der Waals surface area contributed by atoms with Crippen molar-refractivity contribution in [3.8, 4) is 5.75 Å². The number of hydrogen-bond acceptors (Lipinski definition) is 6. The molecule has 25 heavy (non-hydrogen) atoms. The van der Waals surface area contributed by atoms with Gasteiger partial charge in [-0.1, -0.05) is 5.16 Å². The number of Topliss-reactive ketones (excluding diaryl/α,β-unsaturated/α-hetero) is 1. The highest BCUT2D eigenvalue weighted by Gasteiger charge is 2.23. The molecule has 1 N–H and O–H groups in total. The number of benzene rings is 1. The van der Waals surface area contributed by atoms with Crippen molar-refractivity contribution in [2.75, 3.05) is 23.9 Å². The van der Waals surface area contributed by atoms with E-state index >= 15 is 0 Å². The summed E-state index contributed by atoms with van der Waals surface area (Å²) in [5, 5.41) is 6.22. The summed E-state index contributed by atoms with van der Waals surface area (Å²) >= 11 is 0. The fourth-order valence-corrected chi connectivity index (χ4v) is 2.45. The van der Waals surface area contributed by atoms with Crippen molar-refractivity contribution < 1.29 is 23.6 Å². The van der Waals surface area contributed by atoms with E-state index in [1.807, 2.05) is 0 Å². The molecule has 3 rings (SSSR count). The van der Waals surface area contributed by atoms with Crippen LogP contribution in [0.3, 0.4) is 0 Å². The third-order valence-corrected chi connectivity index (χ3v) is 3.84. The van der Waals surface area contributed by atoms with E-state index < -0.39 is 0 Å². The van der Waals surface area contributed by atoms with Gasteiger partial charge in [-0.05, 0) is 25.1 Å². The number of nitrogens with zero attached hydrogens (tertiary/aromatic N) is 2. The number of amides is 2. The molecule has 1 aliphatic heterocycles. The number of aryl methyl sites for hydroxylation is 1. The van der Waals surface area contributed by atoms with E-state index in [4.69, 9.17) is 9.26 Å². The first kappa shape index (κ1) is 16.7. The average molecular weight is 343 g/mol. The molecule has 2 aromatic rings. The minimum absolute atomic E-state index is 0.0154. The Morgan fingerprint density at radius 3 is 2.80 bits per heavy atom. The summed E-state index contributed by atoms with van der Waals surface area (Å²) < 4.78 is 10.2. The standard InChI is InChI=1S/C17H17N3O5/c1-10-7-15(19-25-10)18-16(22)6-4-13(21)11-3-5-14-12(8-11)20(2)17(23)9-24-14/h3,5,7-8H,4,6,9H2,1-2H3,(H,18,19,22). The SMILES string of the molecule is Cc1cc(NC(=O)CCC(=O)c2ccc3c(c2)N(C)C(=O)CO3)no1. The maximum atomic E-state index is 12.3. The Morgan fingerprint density at radius 2 is 2.08 bits per heavy atom. The minimum Gasteiger partial charge on any atom is -0.482 e. The molecule has 0 radical (unpaired) electrons. The molecule has 0 unspecified atom stereocenters. The number of carbonyl (C=O) groups is 3. The second-order valence-electron chi connectivity index (χ2n) is 5.72. The van der Waals surface area contributed by atoms with Gasteiger partial charge in [0.15, 0.2) is 18.2 Å². The van der Waals surface area contributed by atoms with Crippen LogP contribution in [0.25, 0.3) is 0 Å². The number of nitrogens with one attached hydrogen (secondary N) is 1. The van der Waals surface area contributed by atoms with Crippen molar-refractivity contribution in [1.82, 2.24) is 5.16 Å². The summed E-state index contributed by atoms with van der Waals surface area (Å²) in [4.78, 5) is 37.3. The maximum absolute atomic E-state index is 12.3. The van der Waals surface area contributed by atoms with Gasteiger partial charge in [0.05, 0.1) is 5.69 Å². The number of hydrogen-bond donors (Lipinski definition) is 1. The number of ether oxygens (including phenoxy) is 1. The van der Waals surface area contributed by atoms with Gasteiger partial charge in [-0.25, -0.2) is 0 Å². The van der Waals surface area contributed by atoms with Crippen LogP contribution in [0.15, 0.2) is 28.8 Å². The predicted octanol–water partition coefficient (Wildman–Crippen LogP) is 1.94. The number of aromatic nitrogens is 1. The minimum atomic E-state index is -0.324. The number of rotatable bonds is 5. The summed E-state index contributed by atoms with van der Waals surface area (Å²) in [5.74, 6) is 0.760. The Balaban J connectivity index is 1.62. The molecule has 0 saturated carbocycles. The molecule has 0 fully saturated rings. The third kappa shape index (κ3) is 3.68. The molecule has 0 spiro atoms. The summed E-state index contributed by atoms with van der Waals surface area (Å²) in [6.07, 6.45) is 0.0626. The lowest BCUT2D eigenvalue weighted by Gasteiger charge is -2.26. The highest BCUT2D eigenvalue weighted by Crippen LogP contribution is 2.32. The van der Waals surface area contributed by atoms with Crippen LogP contribution in [0, 0.1) is 6.92 Å². The van der Waals surface area contributed by atoms with Gasteiger partial charge in [-0.15, -0.1) is 0 Å². The van der Waals surface area contributed by atoms with Crippen LogP contribution in [-0.2, 0) is 9.59 Å². The molecule has 130 valence electrons. The fourth-order valence-electron chi connectivity index (χ4n) is 2.45. The zero-order valence-corrected chi connectivity index (χ0v) is 13.9. The van der Waals surface area contributed by atoms with Crippen LogP contribution < -0.4 is 15.0 Å². The van der Waals surface area contributed by atoms with Crippen molar-refractivity contribution >= 4 is 29.1 Å². The van der Waals surface area contributed by atoms with E-state index in [-0.39, 0.29) is 37.0 Å². The van der Waals surface area contributed by atoms with Gasteiger partial charge in [-0.2, -0.15) is 0 Å². The van der Waals surface area contributed by atoms with Crippen LogP contribution in [-0.4, -0.2) is 36.4 Å². The molecular weight excluding hydrogens is 326 g/mol. The Labute approximate surface area is 143 Å². The van der Waals surface area contributed by atoms with Crippen molar-refractivity contribution in [3.63, 3.8) is 0 Å². The first-order chi connectivity index (χ1) is 11.9. The van der Waals surface area contributed by atoms with Gasteiger partial charge in [0.1, 0.15) is 11.5 Å². The summed E-state index contributed by atoms with van der Waals surface area (Å²) in [6.45, 7) is 1.70. The third-order valence-electron chi connectivity index (χ3n) is 3.84. The Bertz CT molecular complexity index is 843. The summed E-state index contributed by atoms with van der Waals surface area (Å²) in [6, 6.07) is 6.48. The molecule has 1 aromatic heterocycles. The zero-order chi connectivity index (χ0) is 18.0. The van der Waals surface area contributed by atoms with Crippen LogP contribution in [0.4, 0.5) is 11.5 Å². The molecule has 8 nitrogen and oxygen atoms in total. The van der Waals surface area contributed by atoms with Crippen LogP contribution in [0.1, 0.15) is 29.0 Å². The summed E-state index contributed by atoms with van der Waals surface area (Å²) in [7, 11) is 1.63. The molecule has 0 aliphatic carbocycles.